The summed E-state index contributed by atoms with van der Waals surface area (Å²) in [5.41, 5.74) is 3.54. The lowest BCUT2D eigenvalue weighted by molar-refractivity contribution is -0.114. The molecule has 142 valence electrons. The van der Waals surface area contributed by atoms with Gasteiger partial charge in [0.1, 0.15) is 7.11 Å². The van der Waals surface area contributed by atoms with E-state index in [0.29, 0.717) is 10.6 Å². The molecule has 0 spiro atoms. The number of halogens is 1. The van der Waals surface area contributed by atoms with Crippen molar-refractivity contribution in [2.24, 2.45) is 5.16 Å². The minimum atomic E-state index is -0.321. The summed E-state index contributed by atoms with van der Waals surface area (Å²) in [5.74, 6) is -0.321. The number of hydrogen-bond acceptors (Lipinski definition) is 4. The van der Waals surface area contributed by atoms with Crippen molar-refractivity contribution in [2.75, 3.05) is 14.2 Å². The average molecular weight is 395 g/mol. The van der Waals surface area contributed by atoms with Crippen LogP contribution in [0.15, 0.2) is 66.1 Å². The number of amides is 1. The number of rotatable bonds is 6. The van der Waals surface area contributed by atoms with E-state index in [1.165, 1.54) is 7.11 Å². The molecule has 0 aliphatic heterocycles. The minimum Gasteiger partial charge on any atom is -0.398 e. The van der Waals surface area contributed by atoms with Gasteiger partial charge in [-0.2, -0.15) is 5.10 Å². The summed E-state index contributed by atoms with van der Waals surface area (Å²) in [4.78, 5) is 17.0. The molecular weight excluding hydrogens is 376 g/mol. The molecule has 6 nitrogen and oxygen atoms in total. The van der Waals surface area contributed by atoms with Crippen molar-refractivity contribution in [3.8, 4) is 5.69 Å². The molecule has 3 rings (SSSR count). The molecule has 1 amide bonds. The van der Waals surface area contributed by atoms with Crippen molar-refractivity contribution < 1.29 is 9.63 Å². The molecule has 0 aliphatic rings. The second-order valence-corrected chi connectivity index (χ2v) is 6.25. The highest BCUT2D eigenvalue weighted by Crippen LogP contribution is 2.17. The number of aromatic nitrogens is 2. The van der Waals surface area contributed by atoms with E-state index in [1.54, 1.807) is 17.9 Å². The van der Waals surface area contributed by atoms with Crippen molar-refractivity contribution in [3.63, 3.8) is 0 Å². The number of oxime groups is 1. The van der Waals surface area contributed by atoms with Gasteiger partial charge >= 0.3 is 0 Å². The van der Waals surface area contributed by atoms with Crippen molar-refractivity contribution in [1.82, 2.24) is 15.1 Å². The van der Waals surface area contributed by atoms with Gasteiger partial charge in [0.2, 0.25) is 0 Å². The highest BCUT2D eigenvalue weighted by atomic mass is 35.5. The first kappa shape index (κ1) is 19.4. The second kappa shape index (κ2) is 9.01. The third kappa shape index (κ3) is 4.47. The Balaban J connectivity index is 1.88. The number of nitrogens with zero attached hydrogens (tertiary/aromatic N) is 3. The van der Waals surface area contributed by atoms with Crippen LogP contribution < -0.4 is 5.32 Å². The standard InChI is InChI=1S/C21H19ClN4O2/c1-23-21(27)20(25-28-2)19-6-4-3-5-16(19)8-7-15-13-24-26(14-15)18-11-9-17(22)10-12-18/h3-14H,1-2H3,(H,23,27). The van der Waals surface area contributed by atoms with E-state index < -0.39 is 0 Å². The molecular formula is C21H19ClN4O2. The van der Waals surface area contributed by atoms with Crippen LogP contribution in [0.3, 0.4) is 0 Å². The summed E-state index contributed by atoms with van der Waals surface area (Å²) < 4.78 is 1.77. The molecule has 1 N–H and O–H groups in total. The summed E-state index contributed by atoms with van der Waals surface area (Å²) in [6, 6.07) is 14.9. The summed E-state index contributed by atoms with van der Waals surface area (Å²) in [6.45, 7) is 0. The Kier molecular flexibility index (Phi) is 6.24. The Morgan fingerprint density at radius 3 is 2.64 bits per heavy atom. The van der Waals surface area contributed by atoms with Crippen molar-refractivity contribution in [1.29, 1.82) is 0 Å². The van der Waals surface area contributed by atoms with E-state index in [-0.39, 0.29) is 11.6 Å². The zero-order valence-corrected chi connectivity index (χ0v) is 16.2. The predicted molar refractivity (Wildman–Crippen MR) is 112 cm³/mol. The highest BCUT2D eigenvalue weighted by Gasteiger charge is 2.16. The van der Waals surface area contributed by atoms with Crippen LogP contribution in [-0.4, -0.2) is 35.6 Å². The van der Waals surface area contributed by atoms with Gasteiger partial charge in [0, 0.05) is 29.4 Å². The van der Waals surface area contributed by atoms with Crippen molar-refractivity contribution in [2.45, 2.75) is 0 Å². The van der Waals surface area contributed by atoms with Gasteiger partial charge in [-0.05, 0) is 29.8 Å². The van der Waals surface area contributed by atoms with E-state index in [2.05, 4.69) is 15.6 Å². The van der Waals surface area contributed by atoms with Gasteiger partial charge in [0.05, 0.1) is 11.9 Å². The molecule has 1 heterocycles. The van der Waals surface area contributed by atoms with Gasteiger partial charge in [-0.15, -0.1) is 0 Å². The largest absolute Gasteiger partial charge is 0.398 e. The van der Waals surface area contributed by atoms with E-state index >= 15 is 0 Å². The fourth-order valence-corrected chi connectivity index (χ4v) is 2.75. The fraction of sp³-hybridized carbons (Fsp3) is 0.0952. The first-order chi connectivity index (χ1) is 13.6. The molecule has 2 aromatic carbocycles. The van der Waals surface area contributed by atoms with Crippen LogP contribution in [0, 0.1) is 0 Å². The second-order valence-electron chi connectivity index (χ2n) is 5.82. The Bertz CT molecular complexity index is 1020. The van der Waals surface area contributed by atoms with Crippen LogP contribution in [-0.2, 0) is 9.63 Å². The summed E-state index contributed by atoms with van der Waals surface area (Å²) >= 11 is 5.93. The maximum absolute atomic E-state index is 12.1. The van der Waals surface area contributed by atoms with Crippen LogP contribution in [0.2, 0.25) is 5.02 Å². The molecule has 3 aromatic rings. The summed E-state index contributed by atoms with van der Waals surface area (Å²) in [7, 11) is 2.96. The molecule has 28 heavy (non-hydrogen) atoms. The van der Waals surface area contributed by atoms with Gasteiger partial charge in [0.25, 0.3) is 5.91 Å². The molecule has 7 heteroatoms. The molecule has 0 saturated carbocycles. The van der Waals surface area contributed by atoms with Crippen molar-refractivity contribution >= 4 is 35.4 Å². The number of likely N-dealkylation sites (N-methyl/N-ethyl adjacent to an activating group) is 1. The van der Waals surface area contributed by atoms with Gasteiger partial charge in [-0.25, -0.2) is 4.68 Å². The maximum atomic E-state index is 12.1. The van der Waals surface area contributed by atoms with E-state index in [4.69, 9.17) is 16.4 Å². The molecule has 0 atom stereocenters. The fourth-order valence-electron chi connectivity index (χ4n) is 2.62. The quantitative estimate of drug-likeness (QED) is 0.510. The Morgan fingerprint density at radius 2 is 1.93 bits per heavy atom. The van der Waals surface area contributed by atoms with Gasteiger partial charge < -0.3 is 10.2 Å². The number of carbonyl (C=O) groups excluding carboxylic acids is 1. The van der Waals surface area contributed by atoms with Crippen LogP contribution >= 0.6 is 11.6 Å². The maximum Gasteiger partial charge on any atom is 0.273 e. The van der Waals surface area contributed by atoms with E-state index in [1.807, 2.05) is 66.9 Å². The van der Waals surface area contributed by atoms with Crippen LogP contribution in [0.1, 0.15) is 16.7 Å². The highest BCUT2D eigenvalue weighted by molar-refractivity contribution is 6.45. The molecule has 0 bridgehead atoms. The zero-order valence-electron chi connectivity index (χ0n) is 15.5. The minimum absolute atomic E-state index is 0.210. The van der Waals surface area contributed by atoms with E-state index in [9.17, 15) is 4.79 Å². The van der Waals surface area contributed by atoms with Gasteiger partial charge in [-0.3, -0.25) is 4.79 Å². The molecule has 1 aromatic heterocycles. The predicted octanol–water partition coefficient (Wildman–Crippen LogP) is 3.79. The van der Waals surface area contributed by atoms with Crippen LogP contribution in [0.4, 0.5) is 0 Å². The number of benzene rings is 2. The topological polar surface area (TPSA) is 68.5 Å². The lowest BCUT2D eigenvalue weighted by Gasteiger charge is -2.07. The molecule has 0 unspecified atom stereocenters. The monoisotopic (exact) mass is 394 g/mol. The third-order valence-corrected chi connectivity index (χ3v) is 4.24. The third-order valence-electron chi connectivity index (χ3n) is 3.99. The zero-order chi connectivity index (χ0) is 19.9. The van der Waals surface area contributed by atoms with Crippen LogP contribution in [0.25, 0.3) is 17.8 Å². The lowest BCUT2D eigenvalue weighted by atomic mass is 10.0. The Labute approximate surface area is 168 Å². The smallest absolute Gasteiger partial charge is 0.273 e. The van der Waals surface area contributed by atoms with Crippen LogP contribution in [0.5, 0.6) is 0 Å². The molecule has 0 saturated heterocycles. The Hall–Kier alpha value is -3.38. The molecule has 0 aliphatic carbocycles. The molecule has 0 fully saturated rings. The van der Waals surface area contributed by atoms with E-state index in [0.717, 1.165) is 16.8 Å². The van der Waals surface area contributed by atoms with Gasteiger partial charge in [-0.1, -0.05) is 53.2 Å². The number of hydrogen-bond donors (Lipinski definition) is 1. The number of carbonyl (C=O) groups is 1. The lowest BCUT2D eigenvalue weighted by Crippen LogP contribution is -2.29. The van der Waals surface area contributed by atoms with Gasteiger partial charge in [0.15, 0.2) is 5.71 Å². The normalized spacial score (nSPS) is 11.6. The number of nitrogens with one attached hydrogen (secondary N) is 1. The Morgan fingerprint density at radius 1 is 1.18 bits per heavy atom. The summed E-state index contributed by atoms with van der Waals surface area (Å²) in [5, 5.41) is 11.5. The first-order valence-electron chi connectivity index (χ1n) is 8.53. The average Bonchev–Trinajstić information content (AvgIpc) is 3.20. The van der Waals surface area contributed by atoms with Crippen molar-refractivity contribution in [3.05, 3.63) is 82.6 Å². The molecule has 0 radical (unpaired) electrons. The summed E-state index contributed by atoms with van der Waals surface area (Å²) in [6.07, 6.45) is 7.50. The SMILES string of the molecule is CNC(=O)C(=NOC)c1ccccc1C=Cc1cnn(-c2ccc(Cl)cc2)c1. The first-order valence-corrected chi connectivity index (χ1v) is 8.91.